The lowest BCUT2D eigenvalue weighted by atomic mass is 10.2. The van der Waals surface area contributed by atoms with Gasteiger partial charge in [0, 0.05) is 12.1 Å². The third-order valence-electron chi connectivity index (χ3n) is 4.61. The molecule has 0 saturated carbocycles. The Morgan fingerprint density at radius 3 is 2.73 bits per heavy atom. The van der Waals surface area contributed by atoms with Gasteiger partial charge in [-0.2, -0.15) is 4.98 Å². The summed E-state index contributed by atoms with van der Waals surface area (Å²) in [5.41, 5.74) is 1.01. The van der Waals surface area contributed by atoms with Gasteiger partial charge in [0.25, 0.3) is 0 Å². The highest BCUT2D eigenvalue weighted by molar-refractivity contribution is 7.99. The van der Waals surface area contributed by atoms with E-state index in [1.165, 1.54) is 0 Å². The normalized spacial score (nSPS) is 12.2. The molecule has 4 rings (SSSR count). The molecule has 0 aliphatic rings. The number of ether oxygens (including phenoxy) is 1. The quantitative estimate of drug-likeness (QED) is 0.307. The zero-order chi connectivity index (χ0) is 20.9. The van der Waals surface area contributed by atoms with Gasteiger partial charge in [0.05, 0.1) is 17.2 Å². The minimum Gasteiger partial charge on any atom is -0.497 e. The number of rotatable bonds is 9. The molecule has 4 aromatic rings. The van der Waals surface area contributed by atoms with Gasteiger partial charge in [-0.25, -0.2) is 0 Å². The zero-order valence-electron chi connectivity index (χ0n) is 17.1. The van der Waals surface area contributed by atoms with Gasteiger partial charge in [0.2, 0.25) is 11.7 Å². The van der Waals surface area contributed by atoms with Crippen LogP contribution in [0.1, 0.15) is 37.8 Å². The Morgan fingerprint density at radius 1 is 1.20 bits per heavy atom. The van der Waals surface area contributed by atoms with Crippen LogP contribution in [-0.2, 0) is 6.54 Å². The zero-order valence-corrected chi connectivity index (χ0v) is 18.7. The number of unbranched alkanes of at least 4 members (excludes halogenated alkanes) is 1. The molecule has 156 valence electrons. The predicted octanol–water partition coefficient (Wildman–Crippen LogP) is 5.72. The summed E-state index contributed by atoms with van der Waals surface area (Å²) >= 11 is 3.17. The average molecular weight is 442 g/mol. The van der Waals surface area contributed by atoms with Crippen LogP contribution in [0.25, 0.3) is 22.1 Å². The van der Waals surface area contributed by atoms with Crippen LogP contribution in [0.3, 0.4) is 0 Å². The fraction of sp³-hybridized carbons (Fsp3) is 0.333. The van der Waals surface area contributed by atoms with Crippen LogP contribution in [0.4, 0.5) is 0 Å². The van der Waals surface area contributed by atoms with Crippen LogP contribution in [-0.4, -0.2) is 32.0 Å². The van der Waals surface area contributed by atoms with E-state index in [0.29, 0.717) is 11.7 Å². The van der Waals surface area contributed by atoms with Gasteiger partial charge in [0.1, 0.15) is 5.75 Å². The van der Waals surface area contributed by atoms with Gasteiger partial charge in [-0.3, -0.25) is 0 Å². The lowest BCUT2D eigenvalue weighted by Gasteiger charge is -2.11. The van der Waals surface area contributed by atoms with Crippen LogP contribution in [0, 0.1) is 0 Å². The van der Waals surface area contributed by atoms with E-state index >= 15 is 0 Å². The third kappa shape index (κ3) is 4.41. The van der Waals surface area contributed by atoms with Crippen molar-refractivity contribution in [3.8, 4) is 27.8 Å². The molecule has 0 N–H and O–H groups in total. The molecule has 9 heteroatoms. The first-order chi connectivity index (χ1) is 14.7. The van der Waals surface area contributed by atoms with Gasteiger partial charge < -0.3 is 13.8 Å². The van der Waals surface area contributed by atoms with Crippen LogP contribution in [0.5, 0.6) is 5.75 Å². The van der Waals surface area contributed by atoms with Crippen molar-refractivity contribution in [2.24, 2.45) is 0 Å². The summed E-state index contributed by atoms with van der Waals surface area (Å²) < 4.78 is 12.9. The second-order valence-corrected chi connectivity index (χ2v) is 8.99. The van der Waals surface area contributed by atoms with E-state index in [0.717, 1.165) is 46.6 Å². The molecule has 3 heterocycles. The number of nitrogens with zero attached hydrogens (tertiary/aromatic N) is 5. The number of aromatic nitrogens is 5. The number of benzene rings is 1. The fourth-order valence-corrected chi connectivity index (χ4v) is 4.52. The Kier molecular flexibility index (Phi) is 6.49. The Hall–Kier alpha value is -2.65. The Morgan fingerprint density at radius 2 is 2.03 bits per heavy atom. The molecule has 0 aliphatic carbocycles. The molecule has 0 bridgehead atoms. The summed E-state index contributed by atoms with van der Waals surface area (Å²) in [7, 11) is 1.66. The second kappa shape index (κ2) is 9.44. The molecule has 30 heavy (non-hydrogen) atoms. The van der Waals surface area contributed by atoms with E-state index in [-0.39, 0.29) is 5.25 Å². The van der Waals surface area contributed by atoms with Crippen LogP contribution >= 0.6 is 23.1 Å². The van der Waals surface area contributed by atoms with Crippen molar-refractivity contribution >= 4 is 23.1 Å². The Balaban J connectivity index is 1.57. The molecule has 7 nitrogen and oxygen atoms in total. The number of thiophene rings is 1. The molecule has 3 aromatic heterocycles. The van der Waals surface area contributed by atoms with Crippen molar-refractivity contribution < 1.29 is 9.26 Å². The largest absolute Gasteiger partial charge is 0.497 e. The third-order valence-corrected chi connectivity index (χ3v) is 6.55. The summed E-state index contributed by atoms with van der Waals surface area (Å²) in [5, 5.41) is 15.9. The maximum absolute atomic E-state index is 5.51. The molecule has 0 amide bonds. The molecule has 0 saturated heterocycles. The Bertz CT molecular complexity index is 1070. The van der Waals surface area contributed by atoms with Crippen LogP contribution < -0.4 is 4.74 Å². The van der Waals surface area contributed by atoms with Gasteiger partial charge >= 0.3 is 0 Å². The molecule has 1 atom stereocenters. The molecule has 0 fully saturated rings. The van der Waals surface area contributed by atoms with Gasteiger partial charge in [0.15, 0.2) is 11.0 Å². The van der Waals surface area contributed by atoms with Crippen molar-refractivity contribution in [1.29, 1.82) is 0 Å². The van der Waals surface area contributed by atoms with Crippen molar-refractivity contribution in [1.82, 2.24) is 24.9 Å². The molecular formula is C21H23N5O2S2. The van der Waals surface area contributed by atoms with Gasteiger partial charge in [-0.15, -0.1) is 21.5 Å². The van der Waals surface area contributed by atoms with Crippen molar-refractivity contribution in [2.75, 3.05) is 7.11 Å². The SMILES string of the molecule is CCCCn1c(SC(C)c2nc(-c3cccs3)no2)nnc1-c1ccc(OC)cc1. The van der Waals surface area contributed by atoms with Crippen LogP contribution in [0.2, 0.25) is 0 Å². The number of thioether (sulfide) groups is 1. The second-order valence-electron chi connectivity index (χ2n) is 6.73. The lowest BCUT2D eigenvalue weighted by Crippen LogP contribution is -2.03. The van der Waals surface area contributed by atoms with E-state index in [4.69, 9.17) is 9.26 Å². The predicted molar refractivity (Wildman–Crippen MR) is 119 cm³/mol. The Labute approximate surface area is 183 Å². The molecular weight excluding hydrogens is 418 g/mol. The van der Waals surface area contributed by atoms with E-state index in [1.807, 2.05) is 48.7 Å². The summed E-state index contributed by atoms with van der Waals surface area (Å²) in [6.45, 7) is 5.07. The maximum atomic E-state index is 5.51. The molecule has 0 aliphatic heterocycles. The van der Waals surface area contributed by atoms with Crippen molar-refractivity contribution in [3.63, 3.8) is 0 Å². The highest BCUT2D eigenvalue weighted by Gasteiger charge is 2.22. The number of hydrogen-bond donors (Lipinski definition) is 0. The van der Waals surface area contributed by atoms with E-state index < -0.39 is 0 Å². The van der Waals surface area contributed by atoms with Crippen molar-refractivity contribution in [2.45, 2.75) is 43.6 Å². The number of hydrogen-bond acceptors (Lipinski definition) is 8. The van der Waals surface area contributed by atoms with Crippen molar-refractivity contribution in [3.05, 3.63) is 47.7 Å². The topological polar surface area (TPSA) is 78.9 Å². The average Bonchev–Trinajstić information content (AvgIpc) is 3.53. The van der Waals surface area contributed by atoms with E-state index in [2.05, 4.69) is 31.8 Å². The van der Waals surface area contributed by atoms with Crippen LogP contribution in [0.15, 0.2) is 51.5 Å². The molecule has 0 radical (unpaired) electrons. The summed E-state index contributed by atoms with van der Waals surface area (Å²) in [4.78, 5) is 5.56. The molecule has 1 aromatic carbocycles. The summed E-state index contributed by atoms with van der Waals surface area (Å²) in [5.74, 6) is 2.88. The first-order valence-corrected chi connectivity index (χ1v) is 11.6. The molecule has 0 spiro atoms. The van der Waals surface area contributed by atoms with Gasteiger partial charge in [-0.1, -0.05) is 36.3 Å². The van der Waals surface area contributed by atoms with E-state index in [1.54, 1.807) is 30.2 Å². The first kappa shape index (κ1) is 20.6. The minimum atomic E-state index is -0.0421. The monoisotopic (exact) mass is 441 g/mol. The van der Waals surface area contributed by atoms with Gasteiger partial charge in [-0.05, 0) is 49.1 Å². The van der Waals surface area contributed by atoms with E-state index in [9.17, 15) is 0 Å². The fourth-order valence-electron chi connectivity index (χ4n) is 2.96. The minimum absolute atomic E-state index is 0.0421. The smallest absolute Gasteiger partial charge is 0.240 e. The molecule has 1 unspecified atom stereocenters. The maximum Gasteiger partial charge on any atom is 0.240 e. The standard InChI is InChI=1S/C21H23N5O2S2/c1-4-5-12-26-19(15-8-10-16(27-3)11-9-15)23-24-21(26)30-14(2)20-22-18(25-28-20)17-7-6-13-29-17/h6-11,13-14H,4-5,12H2,1-3H3. The first-order valence-electron chi connectivity index (χ1n) is 9.81. The lowest BCUT2D eigenvalue weighted by molar-refractivity contribution is 0.380. The highest BCUT2D eigenvalue weighted by Crippen LogP contribution is 2.36. The number of methoxy groups -OCH3 is 1. The summed E-state index contributed by atoms with van der Waals surface area (Å²) in [6.07, 6.45) is 2.14. The highest BCUT2D eigenvalue weighted by atomic mass is 32.2. The summed E-state index contributed by atoms with van der Waals surface area (Å²) in [6, 6.07) is 11.9.